The van der Waals surface area contributed by atoms with E-state index >= 15 is 0 Å². The molecule has 1 saturated heterocycles. The highest BCUT2D eigenvalue weighted by atomic mass is 16.5. The Bertz CT molecular complexity index is 233. The third-order valence-corrected chi connectivity index (χ3v) is 3.29. The van der Waals surface area contributed by atoms with Gasteiger partial charge in [0.05, 0.1) is 18.8 Å². The van der Waals surface area contributed by atoms with Gasteiger partial charge in [-0.1, -0.05) is 20.8 Å². The minimum absolute atomic E-state index is 0.0411. The van der Waals surface area contributed by atoms with Crippen LogP contribution in [0.1, 0.15) is 33.6 Å². The summed E-state index contributed by atoms with van der Waals surface area (Å²) in [6.45, 7) is 8.10. The molecule has 1 fully saturated rings. The highest BCUT2D eigenvalue weighted by Gasteiger charge is 2.36. The number of hydrogen-bond acceptors (Lipinski definition) is 3. The Kier molecular flexibility index (Phi) is 3.73. The molecule has 0 aliphatic carbocycles. The molecule has 0 saturated carbocycles. The Morgan fingerprint density at radius 2 is 2.00 bits per heavy atom. The second-order valence-electron chi connectivity index (χ2n) is 4.85. The maximum Gasteiger partial charge on any atom is 0.240 e. The van der Waals surface area contributed by atoms with Crippen LogP contribution < -0.4 is 11.1 Å². The van der Waals surface area contributed by atoms with E-state index in [0.717, 1.165) is 13.2 Å². The average molecular weight is 214 g/mol. The third-order valence-electron chi connectivity index (χ3n) is 3.29. The molecular weight excluding hydrogens is 192 g/mol. The molecule has 1 rings (SSSR count). The topological polar surface area (TPSA) is 64.4 Å². The molecule has 1 aliphatic rings. The van der Waals surface area contributed by atoms with Crippen LogP contribution in [-0.4, -0.2) is 31.2 Å². The quantitative estimate of drug-likeness (QED) is 0.706. The van der Waals surface area contributed by atoms with Crippen molar-refractivity contribution in [3.05, 3.63) is 0 Å². The molecule has 88 valence electrons. The molecule has 1 aliphatic heterocycles. The number of carbonyl (C=O) groups is 1. The van der Waals surface area contributed by atoms with E-state index in [-0.39, 0.29) is 11.3 Å². The minimum atomic E-state index is -0.707. The van der Waals surface area contributed by atoms with E-state index in [9.17, 15) is 4.79 Å². The Labute approximate surface area is 91.5 Å². The van der Waals surface area contributed by atoms with Gasteiger partial charge in [0.25, 0.3) is 0 Å². The van der Waals surface area contributed by atoms with Gasteiger partial charge in [0.1, 0.15) is 0 Å². The molecule has 1 heterocycles. The van der Waals surface area contributed by atoms with E-state index < -0.39 is 5.54 Å². The Hall–Kier alpha value is -0.610. The Balaban J connectivity index is 2.41. The zero-order valence-electron chi connectivity index (χ0n) is 9.93. The van der Waals surface area contributed by atoms with Gasteiger partial charge >= 0.3 is 0 Å². The van der Waals surface area contributed by atoms with Crippen molar-refractivity contribution in [3.63, 3.8) is 0 Å². The molecular formula is C11H22N2O2. The van der Waals surface area contributed by atoms with E-state index in [4.69, 9.17) is 10.5 Å². The normalized spacial score (nSPS) is 19.5. The van der Waals surface area contributed by atoms with Gasteiger partial charge in [-0.2, -0.15) is 0 Å². The van der Waals surface area contributed by atoms with Gasteiger partial charge in [0, 0.05) is 12.0 Å². The fourth-order valence-corrected chi connectivity index (χ4v) is 1.59. The van der Waals surface area contributed by atoms with Crippen LogP contribution in [0.2, 0.25) is 0 Å². The van der Waals surface area contributed by atoms with Gasteiger partial charge < -0.3 is 15.8 Å². The highest BCUT2D eigenvalue weighted by Crippen LogP contribution is 2.25. The first-order chi connectivity index (χ1) is 6.96. The molecule has 0 aromatic carbocycles. The lowest BCUT2D eigenvalue weighted by Gasteiger charge is -2.39. The molecule has 0 radical (unpaired) electrons. The second kappa shape index (κ2) is 4.49. The molecule has 15 heavy (non-hydrogen) atoms. The maximum atomic E-state index is 11.8. The predicted molar refractivity (Wildman–Crippen MR) is 59.4 cm³/mol. The van der Waals surface area contributed by atoms with Crippen molar-refractivity contribution < 1.29 is 9.53 Å². The highest BCUT2D eigenvalue weighted by molar-refractivity contribution is 5.85. The van der Waals surface area contributed by atoms with Gasteiger partial charge in [-0.15, -0.1) is 0 Å². The molecule has 0 unspecified atom stereocenters. The van der Waals surface area contributed by atoms with Crippen molar-refractivity contribution >= 4 is 5.91 Å². The third kappa shape index (κ3) is 2.69. The number of amides is 1. The summed E-state index contributed by atoms with van der Waals surface area (Å²) in [6, 6.07) is 0. The van der Waals surface area contributed by atoms with Crippen LogP contribution in [0, 0.1) is 5.41 Å². The van der Waals surface area contributed by atoms with Gasteiger partial charge in [-0.3, -0.25) is 4.79 Å². The molecule has 1 amide bonds. The van der Waals surface area contributed by atoms with Crippen LogP contribution in [-0.2, 0) is 9.53 Å². The van der Waals surface area contributed by atoms with Crippen molar-refractivity contribution in [2.75, 3.05) is 19.8 Å². The number of nitrogens with one attached hydrogen (secondary N) is 1. The number of ether oxygens (including phenoxy) is 1. The van der Waals surface area contributed by atoms with Crippen molar-refractivity contribution in [3.8, 4) is 0 Å². The molecule has 4 heteroatoms. The largest absolute Gasteiger partial charge is 0.380 e. The standard InChI is InChI=1S/C11H22N2O2/c1-4-11(12,5-2)9(14)13-6-10(3)7-15-8-10/h4-8,12H2,1-3H3,(H,13,14). The monoisotopic (exact) mass is 214 g/mol. The zero-order chi connectivity index (χ0) is 11.5. The lowest BCUT2D eigenvalue weighted by Crippen LogP contribution is -2.57. The number of hydrogen-bond donors (Lipinski definition) is 2. The van der Waals surface area contributed by atoms with Gasteiger partial charge in [0.2, 0.25) is 5.91 Å². The SMILES string of the molecule is CCC(N)(CC)C(=O)NCC1(C)COC1. The molecule has 0 bridgehead atoms. The molecule has 4 nitrogen and oxygen atoms in total. The van der Waals surface area contributed by atoms with E-state index in [2.05, 4.69) is 12.2 Å². The molecule has 0 aromatic rings. The lowest BCUT2D eigenvalue weighted by molar-refractivity contribution is -0.131. The van der Waals surface area contributed by atoms with Gasteiger partial charge in [-0.25, -0.2) is 0 Å². The van der Waals surface area contributed by atoms with Crippen LogP contribution in [0.3, 0.4) is 0 Å². The molecule has 0 aromatic heterocycles. The summed E-state index contributed by atoms with van der Waals surface area (Å²) in [5, 5.41) is 2.92. The number of nitrogens with two attached hydrogens (primary N) is 1. The van der Waals surface area contributed by atoms with Crippen LogP contribution in [0.15, 0.2) is 0 Å². The van der Waals surface area contributed by atoms with E-state index in [1.54, 1.807) is 0 Å². The summed E-state index contributed by atoms with van der Waals surface area (Å²) in [7, 11) is 0. The number of carbonyl (C=O) groups excluding carboxylic acids is 1. The van der Waals surface area contributed by atoms with E-state index in [1.165, 1.54) is 0 Å². The molecule has 0 spiro atoms. The molecule has 0 atom stereocenters. The fraction of sp³-hybridized carbons (Fsp3) is 0.909. The van der Waals surface area contributed by atoms with E-state index in [1.807, 2.05) is 13.8 Å². The van der Waals surface area contributed by atoms with Crippen LogP contribution in [0.4, 0.5) is 0 Å². The molecule has 3 N–H and O–H groups in total. The second-order valence-corrected chi connectivity index (χ2v) is 4.85. The summed E-state index contributed by atoms with van der Waals surface area (Å²) in [5.41, 5.74) is 5.39. The van der Waals surface area contributed by atoms with Crippen molar-refractivity contribution in [1.82, 2.24) is 5.32 Å². The first kappa shape index (κ1) is 12.5. The number of rotatable bonds is 5. The van der Waals surface area contributed by atoms with Crippen molar-refractivity contribution in [1.29, 1.82) is 0 Å². The minimum Gasteiger partial charge on any atom is -0.380 e. The first-order valence-corrected chi connectivity index (χ1v) is 5.61. The average Bonchev–Trinajstić information content (AvgIpc) is 2.21. The van der Waals surface area contributed by atoms with Crippen molar-refractivity contribution in [2.24, 2.45) is 11.1 Å². The first-order valence-electron chi connectivity index (χ1n) is 5.61. The van der Waals surface area contributed by atoms with Crippen LogP contribution >= 0.6 is 0 Å². The summed E-state index contributed by atoms with van der Waals surface area (Å²) in [4.78, 5) is 11.8. The van der Waals surface area contributed by atoms with Gasteiger partial charge in [0.15, 0.2) is 0 Å². The van der Waals surface area contributed by atoms with Gasteiger partial charge in [-0.05, 0) is 12.8 Å². The maximum absolute atomic E-state index is 11.8. The van der Waals surface area contributed by atoms with Crippen LogP contribution in [0.25, 0.3) is 0 Å². The predicted octanol–water partition coefficient (Wildman–Crippen LogP) is 0.657. The van der Waals surface area contributed by atoms with Crippen LogP contribution in [0.5, 0.6) is 0 Å². The summed E-state index contributed by atoms with van der Waals surface area (Å²) >= 11 is 0. The fourth-order valence-electron chi connectivity index (χ4n) is 1.59. The summed E-state index contributed by atoms with van der Waals surface area (Å²) in [6.07, 6.45) is 1.34. The summed E-state index contributed by atoms with van der Waals surface area (Å²) < 4.78 is 5.13. The lowest BCUT2D eigenvalue weighted by atomic mass is 9.87. The Morgan fingerprint density at radius 1 is 1.47 bits per heavy atom. The zero-order valence-corrected chi connectivity index (χ0v) is 9.93. The smallest absolute Gasteiger partial charge is 0.240 e. The van der Waals surface area contributed by atoms with E-state index in [0.29, 0.717) is 19.4 Å². The van der Waals surface area contributed by atoms with Crippen molar-refractivity contribution in [2.45, 2.75) is 39.2 Å². The Morgan fingerprint density at radius 3 is 2.33 bits per heavy atom. The summed E-state index contributed by atoms with van der Waals surface area (Å²) in [5.74, 6) is -0.0411.